The summed E-state index contributed by atoms with van der Waals surface area (Å²) in [7, 11) is 1.72. The van der Waals surface area contributed by atoms with Crippen molar-refractivity contribution >= 4 is 0 Å². The minimum Gasteiger partial charge on any atom is -0.497 e. The third kappa shape index (κ3) is 3.11. The van der Waals surface area contributed by atoms with Crippen LogP contribution in [-0.4, -0.2) is 20.2 Å². The highest BCUT2D eigenvalue weighted by Gasteiger charge is 2.27. The van der Waals surface area contributed by atoms with Crippen molar-refractivity contribution in [1.82, 2.24) is 5.32 Å². The van der Waals surface area contributed by atoms with Crippen molar-refractivity contribution in [2.24, 2.45) is 0 Å². The molecule has 1 aliphatic heterocycles. The Hall–Kier alpha value is -1.80. The first kappa shape index (κ1) is 14.2. The molecule has 2 aromatic carbocycles. The van der Waals surface area contributed by atoms with E-state index in [1.165, 1.54) is 23.1 Å². The molecule has 0 aromatic heterocycles. The zero-order chi connectivity index (χ0) is 14.7. The molecule has 2 atom stereocenters. The number of rotatable bonds is 3. The van der Waals surface area contributed by atoms with Crippen molar-refractivity contribution in [3.63, 3.8) is 0 Å². The lowest BCUT2D eigenvalue weighted by Gasteiger charge is -2.33. The van der Waals surface area contributed by atoms with Crippen LogP contribution in [0.4, 0.5) is 0 Å². The van der Waals surface area contributed by atoms with Gasteiger partial charge in [0.05, 0.1) is 7.11 Å². The molecular weight excluding hydrogens is 258 g/mol. The second-order valence-electron chi connectivity index (χ2n) is 5.89. The van der Waals surface area contributed by atoms with Gasteiger partial charge >= 0.3 is 0 Å². The summed E-state index contributed by atoms with van der Waals surface area (Å²) in [5, 5.41) is 3.55. The normalized spacial score (nSPS) is 22.0. The summed E-state index contributed by atoms with van der Waals surface area (Å²) in [5.41, 5.74) is 4.18. The Balaban J connectivity index is 1.88. The van der Waals surface area contributed by atoms with E-state index in [-0.39, 0.29) is 0 Å². The van der Waals surface area contributed by atoms with Gasteiger partial charge < -0.3 is 10.1 Å². The van der Waals surface area contributed by atoms with Crippen molar-refractivity contribution in [2.75, 3.05) is 20.2 Å². The molecule has 1 fully saturated rings. The predicted molar refractivity (Wildman–Crippen MR) is 87.1 cm³/mol. The largest absolute Gasteiger partial charge is 0.497 e. The maximum absolute atomic E-state index is 5.27. The Morgan fingerprint density at radius 3 is 2.19 bits per heavy atom. The highest BCUT2D eigenvalue weighted by molar-refractivity contribution is 5.34. The first-order valence-electron chi connectivity index (χ1n) is 7.69. The quantitative estimate of drug-likeness (QED) is 0.922. The number of methoxy groups -OCH3 is 1. The van der Waals surface area contributed by atoms with Crippen molar-refractivity contribution in [1.29, 1.82) is 0 Å². The minimum atomic E-state index is 0.549. The molecule has 0 radical (unpaired) electrons. The molecule has 1 N–H and O–H groups in total. The Morgan fingerprint density at radius 2 is 1.52 bits per heavy atom. The van der Waals surface area contributed by atoms with E-state index in [0.717, 1.165) is 18.8 Å². The summed E-state index contributed by atoms with van der Waals surface area (Å²) in [6.45, 7) is 4.29. The molecule has 2 heteroatoms. The van der Waals surface area contributed by atoms with Crippen LogP contribution in [0.25, 0.3) is 0 Å². The predicted octanol–water partition coefficient (Wildman–Crippen LogP) is 3.86. The van der Waals surface area contributed by atoms with E-state index in [9.17, 15) is 0 Å². The molecular formula is C19H23NO. The van der Waals surface area contributed by atoms with Crippen LogP contribution in [0, 0.1) is 6.92 Å². The van der Waals surface area contributed by atoms with Crippen LogP contribution in [0.3, 0.4) is 0 Å². The fourth-order valence-electron chi connectivity index (χ4n) is 3.27. The van der Waals surface area contributed by atoms with E-state index in [2.05, 4.69) is 60.8 Å². The van der Waals surface area contributed by atoms with Crippen molar-refractivity contribution in [3.8, 4) is 5.75 Å². The number of ether oxygens (including phenoxy) is 1. The molecule has 0 saturated carbocycles. The SMILES string of the molecule is COc1ccc(C2CCNCC2c2ccc(C)cc2)cc1. The van der Waals surface area contributed by atoms with Gasteiger partial charge in [-0.05, 0) is 49.1 Å². The van der Waals surface area contributed by atoms with E-state index in [0.29, 0.717) is 11.8 Å². The number of nitrogens with one attached hydrogen (secondary N) is 1. The van der Waals surface area contributed by atoms with Gasteiger partial charge in [-0.15, -0.1) is 0 Å². The first-order valence-corrected chi connectivity index (χ1v) is 7.69. The highest BCUT2D eigenvalue weighted by atomic mass is 16.5. The number of hydrogen-bond donors (Lipinski definition) is 1. The topological polar surface area (TPSA) is 21.3 Å². The number of piperidine rings is 1. The summed E-state index contributed by atoms with van der Waals surface area (Å²) in [6.07, 6.45) is 1.19. The van der Waals surface area contributed by atoms with Gasteiger partial charge in [0, 0.05) is 12.5 Å². The first-order chi connectivity index (χ1) is 10.3. The van der Waals surface area contributed by atoms with Crippen molar-refractivity contribution in [3.05, 3.63) is 65.2 Å². The molecule has 1 aliphatic rings. The van der Waals surface area contributed by atoms with Gasteiger partial charge in [-0.1, -0.05) is 42.0 Å². The lowest BCUT2D eigenvalue weighted by Crippen LogP contribution is -2.34. The molecule has 0 amide bonds. The van der Waals surface area contributed by atoms with Gasteiger partial charge in [-0.2, -0.15) is 0 Å². The zero-order valence-corrected chi connectivity index (χ0v) is 12.8. The van der Waals surface area contributed by atoms with Crippen LogP contribution in [0.1, 0.15) is 34.9 Å². The highest BCUT2D eigenvalue weighted by Crippen LogP contribution is 2.37. The van der Waals surface area contributed by atoms with Gasteiger partial charge in [0.1, 0.15) is 5.75 Å². The van der Waals surface area contributed by atoms with Crippen LogP contribution in [0.15, 0.2) is 48.5 Å². The second kappa shape index (κ2) is 6.31. The monoisotopic (exact) mass is 281 g/mol. The lowest BCUT2D eigenvalue weighted by molar-refractivity contribution is 0.401. The van der Waals surface area contributed by atoms with E-state index < -0.39 is 0 Å². The molecule has 2 unspecified atom stereocenters. The fraction of sp³-hybridized carbons (Fsp3) is 0.368. The van der Waals surface area contributed by atoms with E-state index >= 15 is 0 Å². The standard InChI is InChI=1S/C19H23NO/c1-14-3-5-16(6-4-14)19-13-20-12-11-18(19)15-7-9-17(21-2)10-8-15/h3-10,18-20H,11-13H2,1-2H3. The summed E-state index contributed by atoms with van der Waals surface area (Å²) in [6, 6.07) is 17.6. The van der Waals surface area contributed by atoms with Crippen LogP contribution in [0.5, 0.6) is 5.75 Å². The Kier molecular flexibility index (Phi) is 4.26. The van der Waals surface area contributed by atoms with Gasteiger partial charge in [0.2, 0.25) is 0 Å². The maximum atomic E-state index is 5.27. The molecule has 0 spiro atoms. The Bertz CT molecular complexity index is 574. The van der Waals surface area contributed by atoms with Crippen LogP contribution in [0.2, 0.25) is 0 Å². The fourth-order valence-corrected chi connectivity index (χ4v) is 3.27. The Labute approximate surface area is 127 Å². The van der Waals surface area contributed by atoms with E-state index in [1.54, 1.807) is 7.11 Å². The summed E-state index contributed by atoms with van der Waals surface area (Å²) >= 11 is 0. The molecule has 2 nitrogen and oxygen atoms in total. The summed E-state index contributed by atoms with van der Waals surface area (Å²) in [5.74, 6) is 2.06. The number of benzene rings is 2. The summed E-state index contributed by atoms with van der Waals surface area (Å²) in [4.78, 5) is 0. The average molecular weight is 281 g/mol. The second-order valence-corrected chi connectivity index (χ2v) is 5.89. The molecule has 2 aromatic rings. The molecule has 3 rings (SSSR count). The maximum Gasteiger partial charge on any atom is 0.118 e. The Morgan fingerprint density at radius 1 is 0.905 bits per heavy atom. The molecule has 21 heavy (non-hydrogen) atoms. The number of aryl methyl sites for hydroxylation is 1. The smallest absolute Gasteiger partial charge is 0.118 e. The van der Waals surface area contributed by atoms with Gasteiger partial charge in [0.25, 0.3) is 0 Å². The molecule has 0 bridgehead atoms. The van der Waals surface area contributed by atoms with Gasteiger partial charge in [0.15, 0.2) is 0 Å². The minimum absolute atomic E-state index is 0.549. The number of hydrogen-bond acceptors (Lipinski definition) is 2. The zero-order valence-electron chi connectivity index (χ0n) is 12.8. The molecule has 1 heterocycles. The van der Waals surface area contributed by atoms with Crippen molar-refractivity contribution in [2.45, 2.75) is 25.2 Å². The molecule has 1 saturated heterocycles. The van der Waals surface area contributed by atoms with E-state index in [4.69, 9.17) is 4.74 Å². The van der Waals surface area contributed by atoms with E-state index in [1.807, 2.05) is 0 Å². The third-order valence-electron chi connectivity index (χ3n) is 4.53. The van der Waals surface area contributed by atoms with Crippen LogP contribution >= 0.6 is 0 Å². The summed E-state index contributed by atoms with van der Waals surface area (Å²) < 4.78 is 5.27. The van der Waals surface area contributed by atoms with Gasteiger partial charge in [-0.3, -0.25) is 0 Å². The van der Waals surface area contributed by atoms with Crippen LogP contribution in [-0.2, 0) is 0 Å². The van der Waals surface area contributed by atoms with Crippen molar-refractivity contribution < 1.29 is 4.74 Å². The molecule has 0 aliphatic carbocycles. The van der Waals surface area contributed by atoms with Crippen LogP contribution < -0.4 is 10.1 Å². The third-order valence-corrected chi connectivity index (χ3v) is 4.53. The average Bonchev–Trinajstić information content (AvgIpc) is 2.56. The lowest BCUT2D eigenvalue weighted by atomic mass is 9.77. The molecule has 110 valence electrons. The van der Waals surface area contributed by atoms with Gasteiger partial charge in [-0.25, -0.2) is 0 Å².